The lowest BCUT2D eigenvalue weighted by molar-refractivity contribution is -0.144. The molecular weight excluding hydrogens is 388 g/mol. The third-order valence-corrected chi connectivity index (χ3v) is 6.37. The second-order valence-electron chi connectivity index (χ2n) is 8.09. The Bertz CT molecular complexity index is 911. The minimum atomic E-state index is -1.19. The van der Waals surface area contributed by atoms with Crippen molar-refractivity contribution in [2.45, 2.75) is 64.3 Å². The highest BCUT2D eigenvalue weighted by Gasteiger charge is 2.69. The first-order chi connectivity index (χ1) is 14.2. The van der Waals surface area contributed by atoms with Crippen LogP contribution in [0.15, 0.2) is 45.7 Å². The van der Waals surface area contributed by atoms with E-state index in [9.17, 15) is 15.0 Å². The van der Waals surface area contributed by atoms with E-state index in [1.807, 2.05) is 6.92 Å². The van der Waals surface area contributed by atoms with Crippen LogP contribution < -0.4 is 10.4 Å². The fourth-order valence-corrected chi connectivity index (χ4v) is 4.19. The Labute approximate surface area is 176 Å². The molecule has 2 aliphatic heterocycles. The van der Waals surface area contributed by atoms with E-state index in [-0.39, 0.29) is 6.10 Å². The molecule has 6 atom stereocenters. The van der Waals surface area contributed by atoms with E-state index >= 15 is 0 Å². The Hall–Kier alpha value is -2.19. The molecule has 1 aromatic heterocycles. The summed E-state index contributed by atoms with van der Waals surface area (Å²) in [6.45, 7) is 7.24. The molecule has 2 N–H and O–H groups in total. The Kier molecular flexibility index (Phi) is 6.38. The number of aliphatic hydroxyl groups is 2. The first-order valence-corrected chi connectivity index (χ1v) is 10.1. The van der Waals surface area contributed by atoms with E-state index in [0.717, 1.165) is 5.56 Å². The predicted octanol–water partition coefficient (Wildman–Crippen LogP) is 2.73. The maximum Gasteiger partial charge on any atom is 0.339 e. The lowest BCUT2D eigenvalue weighted by atomic mass is 9.69. The van der Waals surface area contributed by atoms with Crippen molar-refractivity contribution in [1.29, 1.82) is 0 Å². The Morgan fingerprint density at radius 2 is 1.90 bits per heavy atom. The maximum atomic E-state index is 11.6. The van der Waals surface area contributed by atoms with Crippen molar-refractivity contribution in [3.8, 4) is 5.75 Å². The van der Waals surface area contributed by atoms with Gasteiger partial charge in [0.2, 0.25) is 0 Å². The summed E-state index contributed by atoms with van der Waals surface area (Å²) in [4.78, 5) is 11.6. The van der Waals surface area contributed by atoms with Crippen LogP contribution in [0.1, 0.15) is 38.5 Å². The molecule has 0 aliphatic carbocycles. The monoisotopic (exact) mass is 418 g/mol. The molecular formula is C23H30O7. The molecule has 2 aliphatic rings. The topological polar surface area (TPSA) is 98.4 Å². The summed E-state index contributed by atoms with van der Waals surface area (Å²) in [6.07, 6.45) is 8.53. The van der Waals surface area contributed by atoms with Crippen LogP contribution in [0.4, 0.5) is 0 Å². The first-order valence-electron chi connectivity index (χ1n) is 10.1. The molecule has 3 rings (SSSR count). The number of methoxy groups -OCH3 is 1. The van der Waals surface area contributed by atoms with Crippen LogP contribution in [-0.2, 0) is 9.47 Å². The summed E-state index contributed by atoms with van der Waals surface area (Å²) in [6, 6.07) is 1.30. The largest absolute Gasteiger partial charge is 0.496 e. The van der Waals surface area contributed by atoms with Crippen LogP contribution in [0.5, 0.6) is 5.75 Å². The van der Waals surface area contributed by atoms with Crippen molar-refractivity contribution in [3.05, 3.63) is 58.2 Å². The summed E-state index contributed by atoms with van der Waals surface area (Å²) in [5.41, 5.74) is -1.84. The van der Waals surface area contributed by atoms with Gasteiger partial charge in [-0.1, -0.05) is 37.3 Å². The fraction of sp³-hybridized carbons (Fsp3) is 0.522. The van der Waals surface area contributed by atoms with Gasteiger partial charge in [0.15, 0.2) is 6.29 Å². The summed E-state index contributed by atoms with van der Waals surface area (Å²) in [7, 11) is 1.50. The standard InChI is InChI=1S/C23H30O7/c1-6-18-23(4,26)22(3)20(25)16(29-21(22)30-18)12-10-8-7-9-11-15-14(2)17(27-5)13-19(24)28-15/h7-13,16,18,20-21,25-26H,6H2,1-5H3/b8-7+,11-9+,12-10+/t16-,18+,20-,21-,22-,23-/m0/s1. The van der Waals surface area contributed by atoms with Crippen molar-refractivity contribution >= 4 is 6.08 Å². The van der Waals surface area contributed by atoms with Crippen molar-refractivity contribution in [2.75, 3.05) is 7.11 Å². The summed E-state index contributed by atoms with van der Waals surface area (Å²) >= 11 is 0. The zero-order chi connectivity index (χ0) is 22.1. The van der Waals surface area contributed by atoms with E-state index in [2.05, 4.69) is 0 Å². The lowest BCUT2D eigenvalue weighted by Crippen LogP contribution is -2.54. The van der Waals surface area contributed by atoms with Crippen LogP contribution in [0.25, 0.3) is 6.08 Å². The van der Waals surface area contributed by atoms with Gasteiger partial charge in [0.05, 0.1) is 30.8 Å². The average Bonchev–Trinajstić information content (AvgIpc) is 3.07. The number of fused-ring (bicyclic) bond motifs is 1. The van der Waals surface area contributed by atoms with Gasteiger partial charge in [-0.2, -0.15) is 0 Å². The molecule has 164 valence electrons. The van der Waals surface area contributed by atoms with Crippen molar-refractivity contribution in [1.82, 2.24) is 0 Å². The molecule has 0 saturated carbocycles. The van der Waals surface area contributed by atoms with Crippen molar-refractivity contribution < 1.29 is 28.8 Å². The van der Waals surface area contributed by atoms with Gasteiger partial charge < -0.3 is 28.8 Å². The third-order valence-electron chi connectivity index (χ3n) is 6.37. The molecule has 2 saturated heterocycles. The SMILES string of the molecule is CC[C@H]1O[C@@H]2O[C@@H](/C=C/C=C/C=C/c3oc(=O)cc(OC)c3C)[C@H](O)[C@]2(C)[C@@]1(C)O. The summed E-state index contributed by atoms with van der Waals surface area (Å²) in [5.74, 6) is 0.901. The van der Waals surface area contributed by atoms with Crippen molar-refractivity contribution in [2.24, 2.45) is 5.41 Å². The Morgan fingerprint density at radius 1 is 1.20 bits per heavy atom. The molecule has 0 aromatic carbocycles. The van der Waals surface area contributed by atoms with E-state index < -0.39 is 35.1 Å². The smallest absolute Gasteiger partial charge is 0.339 e. The van der Waals surface area contributed by atoms with Crippen LogP contribution in [0, 0.1) is 12.3 Å². The molecule has 0 amide bonds. The minimum Gasteiger partial charge on any atom is -0.496 e. The second kappa shape index (κ2) is 8.51. The highest BCUT2D eigenvalue weighted by atomic mass is 16.7. The van der Waals surface area contributed by atoms with Crippen LogP contribution in [0.3, 0.4) is 0 Å². The van der Waals surface area contributed by atoms with Gasteiger partial charge in [-0.05, 0) is 33.3 Å². The van der Waals surface area contributed by atoms with E-state index in [0.29, 0.717) is 17.9 Å². The Balaban J connectivity index is 1.65. The maximum absolute atomic E-state index is 11.6. The summed E-state index contributed by atoms with van der Waals surface area (Å²) in [5, 5.41) is 21.8. The number of aliphatic hydroxyl groups excluding tert-OH is 1. The Morgan fingerprint density at radius 3 is 2.53 bits per heavy atom. The molecule has 0 bridgehead atoms. The molecule has 30 heavy (non-hydrogen) atoms. The second-order valence-corrected chi connectivity index (χ2v) is 8.09. The van der Waals surface area contributed by atoms with Gasteiger partial charge in [0, 0.05) is 5.56 Å². The van der Waals surface area contributed by atoms with Gasteiger partial charge in [-0.3, -0.25) is 0 Å². The highest BCUT2D eigenvalue weighted by Crippen LogP contribution is 2.55. The predicted molar refractivity (Wildman–Crippen MR) is 112 cm³/mol. The van der Waals surface area contributed by atoms with Gasteiger partial charge in [-0.15, -0.1) is 0 Å². The number of allylic oxidation sites excluding steroid dienone is 4. The molecule has 3 heterocycles. The van der Waals surface area contributed by atoms with Crippen LogP contribution in [-0.4, -0.2) is 47.5 Å². The molecule has 7 nitrogen and oxygen atoms in total. The van der Waals surface area contributed by atoms with E-state index in [4.69, 9.17) is 18.6 Å². The molecule has 2 fully saturated rings. The zero-order valence-electron chi connectivity index (χ0n) is 18.0. The number of hydrogen-bond acceptors (Lipinski definition) is 7. The number of ether oxygens (including phenoxy) is 3. The van der Waals surface area contributed by atoms with E-state index in [1.54, 1.807) is 57.2 Å². The number of rotatable bonds is 6. The van der Waals surface area contributed by atoms with Crippen LogP contribution >= 0.6 is 0 Å². The zero-order valence-corrected chi connectivity index (χ0v) is 18.0. The molecule has 1 aromatic rings. The molecule has 0 unspecified atom stereocenters. The normalized spacial score (nSPS) is 36.4. The molecule has 0 radical (unpaired) electrons. The van der Waals surface area contributed by atoms with Gasteiger partial charge in [-0.25, -0.2) is 4.79 Å². The number of hydrogen-bond donors (Lipinski definition) is 2. The highest BCUT2D eigenvalue weighted by molar-refractivity contribution is 5.52. The van der Waals surface area contributed by atoms with E-state index in [1.165, 1.54) is 13.2 Å². The lowest BCUT2D eigenvalue weighted by Gasteiger charge is -2.38. The first kappa shape index (κ1) is 22.5. The fourth-order valence-electron chi connectivity index (χ4n) is 4.19. The quantitative estimate of drug-likeness (QED) is 0.686. The third kappa shape index (κ3) is 3.67. The average molecular weight is 418 g/mol. The van der Waals surface area contributed by atoms with Crippen LogP contribution in [0.2, 0.25) is 0 Å². The van der Waals surface area contributed by atoms with Gasteiger partial charge >= 0.3 is 5.63 Å². The summed E-state index contributed by atoms with van der Waals surface area (Å²) < 4.78 is 22.0. The molecule has 0 spiro atoms. The van der Waals surface area contributed by atoms with Gasteiger partial charge in [0.1, 0.15) is 23.2 Å². The van der Waals surface area contributed by atoms with Gasteiger partial charge in [0.25, 0.3) is 0 Å². The minimum absolute atomic E-state index is 0.378. The molecule has 7 heteroatoms. The van der Waals surface area contributed by atoms with Crippen molar-refractivity contribution in [3.63, 3.8) is 0 Å².